The Bertz CT molecular complexity index is 1210. The monoisotopic (exact) mass is 546 g/mol. The summed E-state index contributed by atoms with van der Waals surface area (Å²) in [6, 6.07) is 3.87. The van der Waals surface area contributed by atoms with Gasteiger partial charge >= 0.3 is 11.9 Å². The number of nitrogens with zero attached hydrogens (tertiary/aromatic N) is 1. The molecule has 0 saturated heterocycles. The van der Waals surface area contributed by atoms with E-state index in [9.17, 15) is 29.1 Å². The summed E-state index contributed by atoms with van der Waals surface area (Å²) in [5.41, 5.74) is 18.2. The lowest BCUT2D eigenvalue weighted by Gasteiger charge is -2.21. The number of hydrogen-bond acceptors (Lipinski definition) is 7. The van der Waals surface area contributed by atoms with Crippen LogP contribution >= 0.6 is 0 Å². The number of carboxylic acid groups (broad SMARTS) is 2. The van der Waals surface area contributed by atoms with Crippen LogP contribution in [0.4, 0.5) is 0 Å². The van der Waals surface area contributed by atoms with Crippen LogP contribution in [-0.2, 0) is 30.4 Å². The van der Waals surface area contributed by atoms with E-state index >= 15 is 0 Å². The van der Waals surface area contributed by atoms with Gasteiger partial charge in [0, 0.05) is 30.1 Å². The summed E-state index contributed by atoms with van der Waals surface area (Å²) in [5.74, 6) is -4.98. The molecule has 0 saturated carbocycles. The molecule has 0 radical (unpaired) electrons. The van der Waals surface area contributed by atoms with Crippen LogP contribution in [0.2, 0.25) is 0 Å². The molecular weight excluding hydrogens is 512 g/mol. The van der Waals surface area contributed by atoms with Crippen molar-refractivity contribution in [1.29, 1.82) is 0 Å². The fourth-order valence-electron chi connectivity index (χ4n) is 3.74. The van der Waals surface area contributed by atoms with E-state index in [0.717, 1.165) is 16.5 Å². The molecule has 12 N–H and O–H groups in total. The summed E-state index contributed by atoms with van der Waals surface area (Å²) in [6.45, 7) is -0.387. The number of rotatable bonds is 16. The molecule has 0 aliphatic rings. The summed E-state index contributed by atoms with van der Waals surface area (Å²) in [7, 11) is 0. The van der Waals surface area contributed by atoms with Crippen LogP contribution in [-0.4, -0.2) is 82.0 Å². The zero-order chi connectivity index (χ0) is 28.9. The third-order valence-corrected chi connectivity index (χ3v) is 5.73. The summed E-state index contributed by atoms with van der Waals surface area (Å²) in [5, 5.41) is 26.4. The molecule has 1 heterocycles. The Kier molecular flexibility index (Phi) is 11.7. The Hall–Kier alpha value is -4.66. The van der Waals surface area contributed by atoms with Gasteiger partial charge in [-0.15, -0.1) is 0 Å². The Balaban J connectivity index is 1.92. The number of nitrogens with two attached hydrogens (primary N) is 3. The first-order chi connectivity index (χ1) is 18.5. The van der Waals surface area contributed by atoms with Gasteiger partial charge in [-0.3, -0.25) is 24.2 Å². The number of guanidine groups is 1. The number of H-pyrrole nitrogens is 1. The lowest BCUT2D eigenvalue weighted by atomic mass is 10.1. The highest BCUT2D eigenvalue weighted by atomic mass is 16.4. The van der Waals surface area contributed by atoms with Crippen LogP contribution in [0.1, 0.15) is 31.2 Å². The van der Waals surface area contributed by atoms with Crippen molar-refractivity contribution in [3.63, 3.8) is 0 Å². The van der Waals surface area contributed by atoms with E-state index in [1.165, 1.54) is 0 Å². The van der Waals surface area contributed by atoms with E-state index in [0.29, 0.717) is 0 Å². The highest BCUT2D eigenvalue weighted by Gasteiger charge is 2.27. The first-order valence-electron chi connectivity index (χ1n) is 12.2. The van der Waals surface area contributed by atoms with E-state index in [-0.39, 0.29) is 38.2 Å². The van der Waals surface area contributed by atoms with Gasteiger partial charge in [0.15, 0.2) is 5.96 Å². The summed E-state index contributed by atoms with van der Waals surface area (Å²) in [6.07, 6.45) is 1.42. The number of fused-ring (bicyclic) bond motifs is 1. The van der Waals surface area contributed by atoms with Crippen molar-refractivity contribution < 1.29 is 34.2 Å². The predicted octanol–water partition coefficient (Wildman–Crippen LogP) is -1.87. The molecule has 3 atom stereocenters. The minimum absolute atomic E-state index is 0.0121. The van der Waals surface area contributed by atoms with E-state index in [4.69, 9.17) is 22.3 Å². The van der Waals surface area contributed by atoms with Crippen LogP contribution in [0.3, 0.4) is 0 Å². The third kappa shape index (κ3) is 10.3. The molecule has 15 nitrogen and oxygen atoms in total. The molecule has 3 unspecified atom stereocenters. The molecule has 0 fully saturated rings. The van der Waals surface area contributed by atoms with Gasteiger partial charge in [-0.25, -0.2) is 4.79 Å². The second kappa shape index (κ2) is 14.9. The predicted molar refractivity (Wildman–Crippen MR) is 141 cm³/mol. The van der Waals surface area contributed by atoms with Gasteiger partial charge in [0.1, 0.15) is 12.1 Å². The molecule has 1 aromatic carbocycles. The second-order valence-electron chi connectivity index (χ2n) is 8.79. The standard InChI is InChI=1S/C24H34N8O7/c25-15(10-13-11-29-16-5-2-1-4-14(13)16)21(36)30-12-19(33)31-17(7-8-20(34)35)22(37)32-18(23(38)39)6-3-9-28-24(26)27/h1-2,4-5,11,15,17-18,29H,3,6-10,12,25H2,(H,30,36)(H,31,33)(H,32,37)(H,34,35)(H,38,39)(H4,26,27,28). The number of hydrogen-bond donors (Lipinski definition) is 9. The Morgan fingerprint density at radius 2 is 1.69 bits per heavy atom. The van der Waals surface area contributed by atoms with Crippen LogP contribution in [0, 0.1) is 0 Å². The highest BCUT2D eigenvalue weighted by molar-refractivity contribution is 5.93. The number of benzene rings is 1. The van der Waals surface area contributed by atoms with Crippen molar-refractivity contribution in [3.05, 3.63) is 36.0 Å². The van der Waals surface area contributed by atoms with Gasteiger partial charge in [-0.2, -0.15) is 0 Å². The minimum Gasteiger partial charge on any atom is -0.481 e. The van der Waals surface area contributed by atoms with Crippen molar-refractivity contribution >= 4 is 46.5 Å². The Labute approximate surface area is 223 Å². The number of carbonyl (C=O) groups excluding carboxylic acids is 3. The van der Waals surface area contributed by atoms with E-state index in [1.54, 1.807) is 6.20 Å². The van der Waals surface area contributed by atoms with Gasteiger partial charge in [0.2, 0.25) is 17.7 Å². The number of aliphatic carboxylic acids is 2. The molecular formula is C24H34N8O7. The van der Waals surface area contributed by atoms with Crippen molar-refractivity contribution in [2.75, 3.05) is 13.1 Å². The fourth-order valence-corrected chi connectivity index (χ4v) is 3.74. The molecule has 39 heavy (non-hydrogen) atoms. The van der Waals surface area contributed by atoms with Gasteiger partial charge in [0.25, 0.3) is 0 Å². The van der Waals surface area contributed by atoms with Gasteiger partial charge < -0.3 is 48.3 Å². The number of nitrogens with one attached hydrogen (secondary N) is 4. The molecule has 2 aromatic rings. The molecule has 0 spiro atoms. The second-order valence-corrected chi connectivity index (χ2v) is 8.79. The minimum atomic E-state index is -1.36. The van der Waals surface area contributed by atoms with Crippen LogP contribution in [0.25, 0.3) is 10.9 Å². The first kappa shape index (κ1) is 30.6. The largest absolute Gasteiger partial charge is 0.481 e. The molecule has 212 valence electrons. The SMILES string of the molecule is NC(N)=NCCCC(NC(=O)C(CCC(=O)O)NC(=O)CNC(=O)C(N)Cc1c[nH]c2ccccc12)C(=O)O. The molecule has 15 heteroatoms. The number of carboxylic acids is 2. The molecule has 0 aliphatic carbocycles. The van der Waals surface area contributed by atoms with Crippen LogP contribution < -0.4 is 33.2 Å². The third-order valence-electron chi connectivity index (χ3n) is 5.73. The fraction of sp³-hybridized carbons (Fsp3) is 0.417. The molecule has 2 rings (SSSR count). The Morgan fingerprint density at radius 1 is 0.974 bits per heavy atom. The first-order valence-corrected chi connectivity index (χ1v) is 12.2. The number of aromatic nitrogens is 1. The van der Waals surface area contributed by atoms with E-state index < -0.39 is 60.8 Å². The lowest BCUT2D eigenvalue weighted by Crippen LogP contribution is -2.54. The highest BCUT2D eigenvalue weighted by Crippen LogP contribution is 2.18. The van der Waals surface area contributed by atoms with Crippen LogP contribution in [0.15, 0.2) is 35.5 Å². The number of aliphatic imine (C=N–C) groups is 1. The molecule has 1 aromatic heterocycles. The maximum Gasteiger partial charge on any atom is 0.326 e. The van der Waals surface area contributed by atoms with Crippen molar-refractivity contribution in [3.8, 4) is 0 Å². The lowest BCUT2D eigenvalue weighted by molar-refractivity contribution is -0.143. The van der Waals surface area contributed by atoms with Crippen LogP contribution in [0.5, 0.6) is 0 Å². The maximum absolute atomic E-state index is 12.7. The van der Waals surface area contributed by atoms with Gasteiger partial charge in [-0.05, 0) is 37.3 Å². The zero-order valence-corrected chi connectivity index (χ0v) is 21.2. The normalized spacial score (nSPS) is 13.1. The average Bonchev–Trinajstić information content (AvgIpc) is 3.28. The number of para-hydroxylation sites is 1. The smallest absolute Gasteiger partial charge is 0.326 e. The van der Waals surface area contributed by atoms with Crippen molar-refractivity contribution in [2.24, 2.45) is 22.2 Å². The van der Waals surface area contributed by atoms with Gasteiger partial charge in [-0.1, -0.05) is 18.2 Å². The van der Waals surface area contributed by atoms with Crippen molar-refractivity contribution in [2.45, 2.75) is 50.2 Å². The number of carbonyl (C=O) groups is 5. The maximum atomic E-state index is 12.7. The van der Waals surface area contributed by atoms with Crippen molar-refractivity contribution in [1.82, 2.24) is 20.9 Å². The summed E-state index contributed by atoms with van der Waals surface area (Å²) >= 11 is 0. The molecule has 0 aliphatic heterocycles. The number of aromatic amines is 1. The summed E-state index contributed by atoms with van der Waals surface area (Å²) < 4.78 is 0. The molecule has 3 amide bonds. The topological polar surface area (TPSA) is 268 Å². The van der Waals surface area contributed by atoms with E-state index in [2.05, 4.69) is 25.9 Å². The summed E-state index contributed by atoms with van der Waals surface area (Å²) in [4.78, 5) is 67.1. The number of amides is 3. The zero-order valence-electron chi connectivity index (χ0n) is 21.2. The Morgan fingerprint density at radius 3 is 2.36 bits per heavy atom. The quantitative estimate of drug-likeness (QED) is 0.0642. The van der Waals surface area contributed by atoms with E-state index in [1.807, 2.05) is 24.3 Å². The average molecular weight is 547 g/mol. The molecule has 0 bridgehead atoms. The van der Waals surface area contributed by atoms with Gasteiger partial charge in [0.05, 0.1) is 12.6 Å².